The van der Waals surface area contributed by atoms with E-state index in [9.17, 15) is 0 Å². The third-order valence-electron chi connectivity index (χ3n) is 5.38. The van der Waals surface area contributed by atoms with Crippen molar-refractivity contribution in [3.63, 3.8) is 0 Å². The first-order chi connectivity index (χ1) is 8.63. The lowest BCUT2D eigenvalue weighted by Gasteiger charge is -2.53. The van der Waals surface area contributed by atoms with E-state index in [1.807, 2.05) is 0 Å². The highest BCUT2D eigenvalue weighted by Crippen LogP contribution is 2.49. The van der Waals surface area contributed by atoms with Crippen molar-refractivity contribution in [2.24, 2.45) is 11.7 Å². The number of piperidine rings is 1. The lowest BCUT2D eigenvalue weighted by molar-refractivity contribution is -0.117. The highest BCUT2D eigenvalue weighted by atomic mass is 16.5. The van der Waals surface area contributed by atoms with Crippen LogP contribution in [0.4, 0.5) is 0 Å². The van der Waals surface area contributed by atoms with Crippen LogP contribution in [0.15, 0.2) is 0 Å². The van der Waals surface area contributed by atoms with Crippen LogP contribution in [0.25, 0.3) is 0 Å². The standard InChI is InChI=1S/C16H32N2O/c1-12-7-8-13(2)18(9-12)16(11-17)10-14(3,4)19-15(16,5)6/h12-13H,7-11,17H2,1-6H3. The van der Waals surface area contributed by atoms with E-state index >= 15 is 0 Å². The molecule has 3 nitrogen and oxygen atoms in total. The van der Waals surface area contributed by atoms with Gasteiger partial charge in [-0.15, -0.1) is 0 Å². The molecule has 0 amide bonds. The zero-order valence-electron chi connectivity index (χ0n) is 13.6. The molecule has 19 heavy (non-hydrogen) atoms. The van der Waals surface area contributed by atoms with Gasteiger partial charge in [-0.3, -0.25) is 4.90 Å². The number of nitrogens with zero attached hydrogens (tertiary/aromatic N) is 1. The summed E-state index contributed by atoms with van der Waals surface area (Å²) < 4.78 is 6.36. The lowest BCUT2D eigenvalue weighted by Crippen LogP contribution is -2.67. The van der Waals surface area contributed by atoms with Crippen molar-refractivity contribution in [2.75, 3.05) is 13.1 Å². The summed E-state index contributed by atoms with van der Waals surface area (Å²) in [7, 11) is 0. The zero-order valence-corrected chi connectivity index (χ0v) is 13.6. The summed E-state index contributed by atoms with van der Waals surface area (Å²) in [5.41, 5.74) is 6.00. The molecular weight excluding hydrogens is 236 g/mol. The molecule has 0 aromatic carbocycles. The van der Waals surface area contributed by atoms with E-state index in [1.165, 1.54) is 12.8 Å². The molecule has 2 fully saturated rings. The average molecular weight is 268 g/mol. The number of ether oxygens (including phenoxy) is 1. The average Bonchev–Trinajstić information content (AvgIpc) is 2.47. The summed E-state index contributed by atoms with van der Waals surface area (Å²) in [5, 5.41) is 0. The van der Waals surface area contributed by atoms with Crippen molar-refractivity contribution in [1.82, 2.24) is 4.90 Å². The molecule has 2 aliphatic heterocycles. The van der Waals surface area contributed by atoms with Gasteiger partial charge in [0.2, 0.25) is 0 Å². The maximum absolute atomic E-state index is 6.36. The summed E-state index contributed by atoms with van der Waals surface area (Å²) in [6, 6.07) is 0.608. The number of nitrogens with two attached hydrogens (primary N) is 1. The Morgan fingerprint density at radius 3 is 2.26 bits per heavy atom. The minimum atomic E-state index is -0.184. The molecule has 0 aliphatic carbocycles. The largest absolute Gasteiger partial charge is 0.368 e. The second-order valence-corrected chi connectivity index (χ2v) is 7.97. The lowest BCUT2D eigenvalue weighted by atomic mass is 9.74. The summed E-state index contributed by atoms with van der Waals surface area (Å²) in [6.07, 6.45) is 3.64. The molecule has 0 bridgehead atoms. The molecule has 3 heteroatoms. The van der Waals surface area contributed by atoms with Gasteiger partial charge in [0.05, 0.1) is 16.7 Å². The minimum Gasteiger partial charge on any atom is -0.368 e. The van der Waals surface area contributed by atoms with Crippen LogP contribution < -0.4 is 5.73 Å². The van der Waals surface area contributed by atoms with E-state index in [1.54, 1.807) is 0 Å². The molecule has 3 unspecified atom stereocenters. The van der Waals surface area contributed by atoms with Crippen LogP contribution in [-0.4, -0.2) is 40.8 Å². The van der Waals surface area contributed by atoms with Gasteiger partial charge >= 0.3 is 0 Å². The highest BCUT2D eigenvalue weighted by Gasteiger charge is 2.60. The van der Waals surface area contributed by atoms with Crippen molar-refractivity contribution in [2.45, 2.75) is 83.6 Å². The van der Waals surface area contributed by atoms with Crippen molar-refractivity contribution < 1.29 is 4.74 Å². The van der Waals surface area contributed by atoms with E-state index in [0.29, 0.717) is 12.6 Å². The van der Waals surface area contributed by atoms with E-state index in [4.69, 9.17) is 10.5 Å². The first-order valence-corrected chi connectivity index (χ1v) is 7.80. The van der Waals surface area contributed by atoms with Crippen LogP contribution in [0.2, 0.25) is 0 Å². The van der Waals surface area contributed by atoms with Gasteiger partial charge in [0, 0.05) is 19.1 Å². The fraction of sp³-hybridized carbons (Fsp3) is 1.00. The Bertz CT molecular complexity index is 340. The van der Waals surface area contributed by atoms with Crippen LogP contribution >= 0.6 is 0 Å². The SMILES string of the molecule is CC1CCC(C)N(C2(CN)CC(C)(C)OC2(C)C)C1. The highest BCUT2D eigenvalue weighted by molar-refractivity contribution is 5.14. The molecular formula is C16H32N2O. The van der Waals surface area contributed by atoms with Gasteiger partial charge in [-0.1, -0.05) is 6.92 Å². The number of rotatable bonds is 2. The van der Waals surface area contributed by atoms with Crippen molar-refractivity contribution >= 4 is 0 Å². The Morgan fingerprint density at radius 1 is 1.16 bits per heavy atom. The molecule has 0 aromatic rings. The Balaban J connectivity index is 2.36. The number of likely N-dealkylation sites (tertiary alicyclic amines) is 1. The smallest absolute Gasteiger partial charge is 0.0830 e. The summed E-state index contributed by atoms with van der Waals surface area (Å²) in [6.45, 7) is 15.4. The maximum atomic E-state index is 6.36. The van der Waals surface area contributed by atoms with Gasteiger partial charge in [0.1, 0.15) is 0 Å². The van der Waals surface area contributed by atoms with Crippen LogP contribution in [0, 0.1) is 5.92 Å². The van der Waals surface area contributed by atoms with Crippen LogP contribution in [0.5, 0.6) is 0 Å². The molecule has 2 N–H and O–H groups in total. The maximum Gasteiger partial charge on any atom is 0.0830 e. The van der Waals surface area contributed by atoms with E-state index in [0.717, 1.165) is 18.9 Å². The predicted octanol–water partition coefficient (Wildman–Crippen LogP) is 2.78. The Labute approximate surface area is 118 Å². The molecule has 0 saturated carbocycles. The van der Waals surface area contributed by atoms with Crippen LogP contribution in [0.1, 0.15) is 60.8 Å². The normalized spacial score (nSPS) is 42.5. The quantitative estimate of drug-likeness (QED) is 0.837. The summed E-state index contributed by atoms with van der Waals surface area (Å²) in [5.74, 6) is 0.763. The van der Waals surface area contributed by atoms with Gasteiger partial charge in [-0.25, -0.2) is 0 Å². The Morgan fingerprint density at radius 2 is 1.79 bits per heavy atom. The molecule has 0 radical (unpaired) electrons. The van der Waals surface area contributed by atoms with Gasteiger partial charge in [0.25, 0.3) is 0 Å². The van der Waals surface area contributed by atoms with E-state index in [2.05, 4.69) is 46.4 Å². The van der Waals surface area contributed by atoms with Gasteiger partial charge < -0.3 is 10.5 Å². The molecule has 112 valence electrons. The summed E-state index contributed by atoms with van der Waals surface area (Å²) >= 11 is 0. The third-order valence-corrected chi connectivity index (χ3v) is 5.38. The predicted molar refractivity (Wildman–Crippen MR) is 80.2 cm³/mol. The second kappa shape index (κ2) is 4.71. The second-order valence-electron chi connectivity index (χ2n) is 7.97. The molecule has 0 spiro atoms. The van der Waals surface area contributed by atoms with E-state index in [-0.39, 0.29) is 16.7 Å². The fourth-order valence-corrected chi connectivity index (χ4v) is 4.51. The van der Waals surface area contributed by atoms with Crippen LogP contribution in [0.3, 0.4) is 0 Å². The number of hydrogen-bond acceptors (Lipinski definition) is 3. The number of hydrogen-bond donors (Lipinski definition) is 1. The molecule has 0 aromatic heterocycles. The third kappa shape index (κ3) is 2.45. The molecule has 2 rings (SSSR count). The topological polar surface area (TPSA) is 38.5 Å². The Hall–Kier alpha value is -0.120. The van der Waals surface area contributed by atoms with Gasteiger partial charge in [-0.05, 0) is 59.8 Å². The van der Waals surface area contributed by atoms with Crippen molar-refractivity contribution in [3.8, 4) is 0 Å². The monoisotopic (exact) mass is 268 g/mol. The fourth-order valence-electron chi connectivity index (χ4n) is 4.51. The molecule has 2 aliphatic rings. The minimum absolute atomic E-state index is 0.0232. The molecule has 2 saturated heterocycles. The zero-order chi connectivity index (χ0) is 14.5. The molecule has 2 heterocycles. The first-order valence-electron chi connectivity index (χ1n) is 7.80. The van der Waals surface area contributed by atoms with Gasteiger partial charge in [0.15, 0.2) is 0 Å². The summed E-state index contributed by atoms with van der Waals surface area (Å²) in [4.78, 5) is 2.66. The Kier molecular flexibility index (Phi) is 3.79. The van der Waals surface area contributed by atoms with E-state index < -0.39 is 0 Å². The van der Waals surface area contributed by atoms with Gasteiger partial charge in [-0.2, -0.15) is 0 Å². The molecule has 3 atom stereocenters. The van der Waals surface area contributed by atoms with Crippen molar-refractivity contribution in [1.29, 1.82) is 0 Å². The first kappa shape index (κ1) is 15.3. The van der Waals surface area contributed by atoms with Crippen LogP contribution in [-0.2, 0) is 4.74 Å². The van der Waals surface area contributed by atoms with Crippen molar-refractivity contribution in [3.05, 3.63) is 0 Å².